The molecular formula is C12H17ClN2O2. The summed E-state index contributed by atoms with van der Waals surface area (Å²) in [6.07, 6.45) is 3.57. The third-order valence-corrected chi connectivity index (χ3v) is 3.56. The van der Waals surface area contributed by atoms with Crippen LogP contribution in [0.2, 0.25) is 0 Å². The van der Waals surface area contributed by atoms with E-state index in [9.17, 15) is 0 Å². The van der Waals surface area contributed by atoms with Gasteiger partial charge >= 0.3 is 0 Å². The summed E-state index contributed by atoms with van der Waals surface area (Å²) in [6, 6.07) is 1.83. The van der Waals surface area contributed by atoms with Crippen LogP contribution in [0.15, 0.2) is 12.4 Å². The van der Waals surface area contributed by atoms with E-state index in [4.69, 9.17) is 21.1 Å². The second-order valence-electron chi connectivity index (χ2n) is 4.41. The predicted molar refractivity (Wildman–Crippen MR) is 65.5 cm³/mol. The Balaban J connectivity index is 1.95. The van der Waals surface area contributed by atoms with Crippen LogP contribution in [-0.4, -0.2) is 35.2 Å². The van der Waals surface area contributed by atoms with Crippen molar-refractivity contribution in [3.05, 3.63) is 18.1 Å². The van der Waals surface area contributed by atoms with Gasteiger partial charge in [0.15, 0.2) is 0 Å². The molecule has 0 amide bonds. The van der Waals surface area contributed by atoms with Gasteiger partial charge in [0.25, 0.3) is 0 Å². The summed E-state index contributed by atoms with van der Waals surface area (Å²) in [6.45, 7) is 2.83. The van der Waals surface area contributed by atoms with Crippen molar-refractivity contribution in [2.75, 3.05) is 13.7 Å². The van der Waals surface area contributed by atoms with E-state index in [0.717, 1.165) is 25.1 Å². The van der Waals surface area contributed by atoms with E-state index >= 15 is 0 Å². The van der Waals surface area contributed by atoms with Gasteiger partial charge in [-0.25, -0.2) is 9.97 Å². The van der Waals surface area contributed by atoms with Crippen LogP contribution >= 0.6 is 11.6 Å². The van der Waals surface area contributed by atoms with Crippen LogP contribution in [0.4, 0.5) is 0 Å². The molecule has 1 aliphatic rings. The van der Waals surface area contributed by atoms with Crippen LogP contribution in [0.25, 0.3) is 0 Å². The zero-order valence-electron chi connectivity index (χ0n) is 10.1. The largest absolute Gasteiger partial charge is 0.481 e. The van der Waals surface area contributed by atoms with E-state index in [1.165, 1.54) is 6.33 Å². The van der Waals surface area contributed by atoms with Crippen molar-refractivity contribution in [3.8, 4) is 5.88 Å². The molecule has 1 aromatic heterocycles. The molecule has 0 spiro atoms. The molecule has 94 valence electrons. The van der Waals surface area contributed by atoms with Gasteiger partial charge in [-0.05, 0) is 13.3 Å². The normalized spacial score (nSPS) is 25.8. The lowest BCUT2D eigenvalue weighted by atomic mass is 9.98. The topological polar surface area (TPSA) is 44.2 Å². The number of alkyl halides is 1. The predicted octanol–water partition coefficient (Wildman–Crippen LogP) is 2.06. The minimum absolute atomic E-state index is 0.0551. The highest BCUT2D eigenvalue weighted by Gasteiger charge is 2.28. The number of methoxy groups -OCH3 is 1. The number of hydrogen-bond acceptors (Lipinski definition) is 4. The summed E-state index contributed by atoms with van der Waals surface area (Å²) >= 11 is 6.40. The van der Waals surface area contributed by atoms with Crippen molar-refractivity contribution in [2.24, 2.45) is 5.92 Å². The zero-order valence-corrected chi connectivity index (χ0v) is 10.9. The molecule has 0 aromatic carbocycles. The summed E-state index contributed by atoms with van der Waals surface area (Å²) in [4.78, 5) is 8.18. The Morgan fingerprint density at radius 3 is 3.06 bits per heavy atom. The molecule has 2 heterocycles. The quantitative estimate of drug-likeness (QED) is 0.774. The highest BCUT2D eigenvalue weighted by Crippen LogP contribution is 2.27. The van der Waals surface area contributed by atoms with Crippen molar-refractivity contribution < 1.29 is 9.47 Å². The third-order valence-electron chi connectivity index (χ3n) is 3.05. The minimum atomic E-state index is 0.0551. The Hall–Kier alpha value is -0.870. The van der Waals surface area contributed by atoms with Crippen LogP contribution in [0.1, 0.15) is 19.0 Å². The highest BCUT2D eigenvalue weighted by atomic mass is 35.5. The molecule has 1 fully saturated rings. The molecule has 0 N–H and O–H groups in total. The average Bonchev–Trinajstić information content (AvgIpc) is 2.76. The lowest BCUT2D eigenvalue weighted by Gasteiger charge is -2.15. The Bertz CT molecular complexity index is 375. The summed E-state index contributed by atoms with van der Waals surface area (Å²) < 4.78 is 10.6. The monoisotopic (exact) mass is 256 g/mol. The number of halogens is 1. The van der Waals surface area contributed by atoms with E-state index in [1.807, 2.05) is 6.07 Å². The first-order valence-electron chi connectivity index (χ1n) is 5.79. The van der Waals surface area contributed by atoms with Gasteiger partial charge < -0.3 is 9.47 Å². The molecule has 1 saturated heterocycles. The van der Waals surface area contributed by atoms with Gasteiger partial charge in [-0.2, -0.15) is 0 Å². The molecule has 3 unspecified atom stereocenters. The maximum atomic E-state index is 6.40. The SMILES string of the molecule is COc1cc(CC(Cl)C2COC(C)C2)ncn1. The summed E-state index contributed by atoms with van der Waals surface area (Å²) in [7, 11) is 1.59. The van der Waals surface area contributed by atoms with Crippen LogP contribution in [-0.2, 0) is 11.2 Å². The van der Waals surface area contributed by atoms with E-state index in [2.05, 4.69) is 16.9 Å². The summed E-state index contributed by atoms with van der Waals surface area (Å²) in [5, 5.41) is 0.0551. The standard InChI is InChI=1S/C12H17ClN2O2/c1-8-3-9(6-17-8)11(13)4-10-5-12(16-2)15-7-14-10/h5,7-9,11H,3-4,6H2,1-2H3. The highest BCUT2D eigenvalue weighted by molar-refractivity contribution is 6.20. The molecule has 0 saturated carbocycles. The number of nitrogens with zero attached hydrogens (tertiary/aromatic N) is 2. The van der Waals surface area contributed by atoms with Gasteiger partial charge in [-0.3, -0.25) is 0 Å². The van der Waals surface area contributed by atoms with Crippen molar-refractivity contribution in [1.82, 2.24) is 9.97 Å². The van der Waals surface area contributed by atoms with Crippen molar-refractivity contribution in [3.63, 3.8) is 0 Å². The van der Waals surface area contributed by atoms with Crippen molar-refractivity contribution in [1.29, 1.82) is 0 Å². The Morgan fingerprint density at radius 1 is 1.59 bits per heavy atom. The van der Waals surface area contributed by atoms with E-state index in [1.54, 1.807) is 7.11 Å². The lowest BCUT2D eigenvalue weighted by Crippen LogP contribution is -2.18. The van der Waals surface area contributed by atoms with Gasteiger partial charge in [-0.15, -0.1) is 11.6 Å². The fourth-order valence-electron chi connectivity index (χ4n) is 2.07. The van der Waals surface area contributed by atoms with Crippen LogP contribution in [0.5, 0.6) is 5.88 Å². The van der Waals surface area contributed by atoms with Crippen LogP contribution < -0.4 is 4.74 Å². The van der Waals surface area contributed by atoms with Gasteiger partial charge in [0.1, 0.15) is 6.33 Å². The molecule has 4 nitrogen and oxygen atoms in total. The summed E-state index contributed by atoms with van der Waals surface area (Å²) in [5.74, 6) is 0.988. The van der Waals surface area contributed by atoms with Crippen molar-refractivity contribution >= 4 is 11.6 Å². The fourth-order valence-corrected chi connectivity index (χ4v) is 2.40. The molecule has 2 rings (SSSR count). The smallest absolute Gasteiger partial charge is 0.216 e. The average molecular weight is 257 g/mol. The van der Waals surface area contributed by atoms with E-state index < -0.39 is 0 Å². The molecule has 0 radical (unpaired) electrons. The maximum absolute atomic E-state index is 6.40. The van der Waals surface area contributed by atoms with Gasteiger partial charge in [-0.1, -0.05) is 0 Å². The number of ether oxygens (including phenoxy) is 2. The number of hydrogen-bond donors (Lipinski definition) is 0. The summed E-state index contributed by atoms with van der Waals surface area (Å²) in [5.41, 5.74) is 0.913. The molecule has 3 atom stereocenters. The van der Waals surface area contributed by atoms with Gasteiger partial charge in [0, 0.05) is 29.5 Å². The second-order valence-corrected chi connectivity index (χ2v) is 4.97. The molecular weight excluding hydrogens is 240 g/mol. The molecule has 1 aromatic rings. The molecule has 0 bridgehead atoms. The number of aromatic nitrogens is 2. The number of rotatable bonds is 4. The minimum Gasteiger partial charge on any atom is -0.481 e. The second kappa shape index (κ2) is 5.65. The first-order valence-corrected chi connectivity index (χ1v) is 6.23. The Kier molecular flexibility index (Phi) is 4.18. The van der Waals surface area contributed by atoms with E-state index in [-0.39, 0.29) is 5.38 Å². The van der Waals surface area contributed by atoms with E-state index in [0.29, 0.717) is 17.9 Å². The molecule has 5 heteroatoms. The zero-order chi connectivity index (χ0) is 12.3. The lowest BCUT2D eigenvalue weighted by molar-refractivity contribution is 0.119. The Labute approximate surface area is 106 Å². The molecule has 0 aliphatic carbocycles. The van der Waals surface area contributed by atoms with Crippen LogP contribution in [0.3, 0.4) is 0 Å². The molecule has 1 aliphatic heterocycles. The first kappa shape index (κ1) is 12.6. The van der Waals surface area contributed by atoms with Gasteiger partial charge in [0.05, 0.1) is 19.8 Å². The maximum Gasteiger partial charge on any atom is 0.216 e. The van der Waals surface area contributed by atoms with Crippen LogP contribution in [0, 0.1) is 5.92 Å². The fraction of sp³-hybridized carbons (Fsp3) is 0.667. The third kappa shape index (κ3) is 3.30. The molecule has 17 heavy (non-hydrogen) atoms. The van der Waals surface area contributed by atoms with Crippen molar-refractivity contribution in [2.45, 2.75) is 31.2 Å². The Morgan fingerprint density at radius 2 is 2.41 bits per heavy atom. The first-order chi connectivity index (χ1) is 8.19. The van der Waals surface area contributed by atoms with Gasteiger partial charge in [0.2, 0.25) is 5.88 Å².